The number of thioether (sulfide) groups is 1. The van der Waals surface area contributed by atoms with Crippen molar-refractivity contribution in [2.75, 3.05) is 10.6 Å². The van der Waals surface area contributed by atoms with E-state index >= 15 is 0 Å². The van der Waals surface area contributed by atoms with Crippen LogP contribution in [0.15, 0.2) is 113 Å². The lowest BCUT2D eigenvalue weighted by Gasteiger charge is -2.15. The first kappa shape index (κ1) is 33.9. The van der Waals surface area contributed by atoms with Gasteiger partial charge in [0.25, 0.3) is 11.8 Å². The first-order valence-corrected chi connectivity index (χ1v) is 16.8. The monoisotopic (exact) mass is 704 g/mol. The minimum atomic E-state index is -0.648. The summed E-state index contributed by atoms with van der Waals surface area (Å²) in [6.45, 7) is 1.90. The van der Waals surface area contributed by atoms with Gasteiger partial charge in [-0.05, 0) is 67.1 Å². The van der Waals surface area contributed by atoms with Gasteiger partial charge in [0.15, 0.2) is 5.13 Å². The molecule has 4 aromatic carbocycles. The number of amides is 3. The molecule has 1 atom stereocenters. The molecule has 47 heavy (non-hydrogen) atoms. The average Bonchev–Trinajstić information content (AvgIpc) is 3.52. The number of rotatable bonds is 11. The normalized spacial score (nSPS) is 11.9. The van der Waals surface area contributed by atoms with Gasteiger partial charge in [-0.1, -0.05) is 72.6 Å². The summed E-state index contributed by atoms with van der Waals surface area (Å²) in [4.78, 5) is 44.8. The Morgan fingerprint density at radius 3 is 2.45 bits per heavy atom. The minimum absolute atomic E-state index is 0.135. The van der Waals surface area contributed by atoms with Gasteiger partial charge < -0.3 is 16.0 Å². The molecule has 7 nitrogen and oxygen atoms in total. The zero-order valence-electron chi connectivity index (χ0n) is 24.8. The molecule has 0 saturated heterocycles. The van der Waals surface area contributed by atoms with Gasteiger partial charge in [0.05, 0.1) is 16.0 Å². The Kier molecular flexibility index (Phi) is 11.4. The van der Waals surface area contributed by atoms with E-state index in [1.54, 1.807) is 72.8 Å². The van der Waals surface area contributed by atoms with E-state index in [-0.39, 0.29) is 17.2 Å². The minimum Gasteiger partial charge on any atom is -0.321 e. The molecule has 1 aromatic heterocycles. The number of aromatic nitrogens is 1. The van der Waals surface area contributed by atoms with Crippen molar-refractivity contribution in [3.63, 3.8) is 0 Å². The summed E-state index contributed by atoms with van der Waals surface area (Å²) in [6, 6.07) is 26.4. The van der Waals surface area contributed by atoms with Crippen LogP contribution < -0.4 is 16.0 Å². The summed E-state index contributed by atoms with van der Waals surface area (Å²) >= 11 is 14.9. The second kappa shape index (κ2) is 15.9. The highest BCUT2D eigenvalue weighted by Crippen LogP contribution is 2.33. The van der Waals surface area contributed by atoms with Gasteiger partial charge in [0.1, 0.15) is 11.5 Å². The fraction of sp³-hybridized carbons (Fsp3) is 0.0857. The Hall–Kier alpha value is -4.48. The van der Waals surface area contributed by atoms with Crippen molar-refractivity contribution in [1.29, 1.82) is 0 Å². The molecule has 5 rings (SSSR count). The molecule has 1 unspecified atom stereocenters. The fourth-order valence-corrected chi connectivity index (χ4v) is 6.59. The van der Waals surface area contributed by atoms with Gasteiger partial charge in [-0.15, -0.1) is 23.1 Å². The lowest BCUT2D eigenvalue weighted by Crippen LogP contribution is -2.30. The molecule has 12 heteroatoms. The highest BCUT2D eigenvalue weighted by molar-refractivity contribution is 8.00. The third-order valence-corrected chi connectivity index (χ3v) is 9.37. The largest absolute Gasteiger partial charge is 0.321 e. The van der Waals surface area contributed by atoms with Crippen LogP contribution in [0.25, 0.3) is 17.3 Å². The van der Waals surface area contributed by atoms with E-state index in [9.17, 15) is 18.8 Å². The van der Waals surface area contributed by atoms with Crippen LogP contribution in [0.2, 0.25) is 10.0 Å². The third kappa shape index (κ3) is 9.08. The first-order valence-electron chi connectivity index (χ1n) is 14.3. The summed E-state index contributed by atoms with van der Waals surface area (Å²) in [7, 11) is 0. The van der Waals surface area contributed by atoms with Crippen molar-refractivity contribution >= 4 is 80.9 Å². The molecule has 0 aliphatic carbocycles. The van der Waals surface area contributed by atoms with Crippen molar-refractivity contribution in [3.05, 3.63) is 135 Å². The Labute approximate surface area is 289 Å². The van der Waals surface area contributed by atoms with Crippen molar-refractivity contribution in [2.45, 2.75) is 23.5 Å². The van der Waals surface area contributed by atoms with E-state index in [0.717, 1.165) is 4.90 Å². The first-order chi connectivity index (χ1) is 22.7. The molecule has 1 heterocycles. The molecule has 0 radical (unpaired) electrons. The zero-order valence-corrected chi connectivity index (χ0v) is 27.9. The Bertz CT molecular complexity index is 1950. The molecule has 0 spiro atoms. The van der Waals surface area contributed by atoms with Crippen LogP contribution in [0.1, 0.15) is 29.3 Å². The van der Waals surface area contributed by atoms with Crippen molar-refractivity contribution in [3.8, 4) is 11.3 Å². The number of carbonyl (C=O) groups excluding carboxylic acids is 3. The van der Waals surface area contributed by atoms with Crippen molar-refractivity contribution in [1.82, 2.24) is 10.3 Å². The van der Waals surface area contributed by atoms with Gasteiger partial charge in [-0.2, -0.15) is 0 Å². The highest BCUT2D eigenvalue weighted by atomic mass is 35.5. The van der Waals surface area contributed by atoms with E-state index in [0.29, 0.717) is 44.1 Å². The van der Waals surface area contributed by atoms with Crippen LogP contribution in [0.4, 0.5) is 15.2 Å². The number of nitrogens with zero attached hydrogens (tertiary/aromatic N) is 1. The Balaban J connectivity index is 1.28. The lowest BCUT2D eigenvalue weighted by atomic mass is 10.1. The van der Waals surface area contributed by atoms with Gasteiger partial charge >= 0.3 is 0 Å². The van der Waals surface area contributed by atoms with Crippen LogP contribution in [0.5, 0.6) is 0 Å². The second-order valence-electron chi connectivity index (χ2n) is 10.0. The van der Waals surface area contributed by atoms with E-state index < -0.39 is 22.9 Å². The molecule has 0 bridgehead atoms. The van der Waals surface area contributed by atoms with Crippen LogP contribution in [-0.4, -0.2) is 28.0 Å². The maximum Gasteiger partial charge on any atom is 0.272 e. The summed E-state index contributed by atoms with van der Waals surface area (Å²) in [5.74, 6) is -1.94. The summed E-state index contributed by atoms with van der Waals surface area (Å²) in [6.07, 6.45) is 1.81. The number of nitrogens with one attached hydrogen (secondary N) is 3. The number of anilines is 2. The number of carbonyl (C=O) groups is 3. The van der Waals surface area contributed by atoms with Gasteiger partial charge in [0, 0.05) is 37.7 Å². The highest BCUT2D eigenvalue weighted by Gasteiger charge is 2.21. The summed E-state index contributed by atoms with van der Waals surface area (Å²) in [5.41, 5.74) is 2.09. The Morgan fingerprint density at radius 2 is 1.70 bits per heavy atom. The molecule has 0 saturated carbocycles. The van der Waals surface area contributed by atoms with Gasteiger partial charge in [-0.25, -0.2) is 9.37 Å². The maximum atomic E-state index is 14.5. The maximum absolute atomic E-state index is 14.5. The SMILES string of the molecule is CCC(Sc1cccc(NC(=O)/C(=C/c2ccccc2F)NC(=O)c2ccccc2)c1)C(=O)Nc1nc(-c2ccc(Cl)cc2Cl)cs1. The molecule has 0 fully saturated rings. The fourth-order valence-electron chi connectivity index (χ4n) is 4.36. The molecule has 5 aromatic rings. The van der Waals surface area contributed by atoms with E-state index in [1.165, 1.54) is 47.4 Å². The van der Waals surface area contributed by atoms with E-state index in [1.807, 2.05) is 18.4 Å². The summed E-state index contributed by atoms with van der Waals surface area (Å²) < 4.78 is 14.5. The molecule has 0 aliphatic rings. The smallest absolute Gasteiger partial charge is 0.272 e. The molecular formula is C35H27Cl2FN4O3S2. The predicted molar refractivity (Wildman–Crippen MR) is 189 cm³/mol. The summed E-state index contributed by atoms with van der Waals surface area (Å²) in [5, 5.41) is 11.0. The van der Waals surface area contributed by atoms with Crippen LogP contribution >= 0.6 is 46.3 Å². The number of thiazole rings is 1. The van der Waals surface area contributed by atoms with Gasteiger partial charge in [0.2, 0.25) is 5.91 Å². The average molecular weight is 706 g/mol. The number of benzene rings is 4. The van der Waals surface area contributed by atoms with Crippen molar-refractivity contribution in [2.24, 2.45) is 0 Å². The van der Waals surface area contributed by atoms with Crippen molar-refractivity contribution < 1.29 is 18.8 Å². The standard InChI is InChI=1S/C35H27Cl2FN4O3S2/c1-2-31(34(45)42-35-41-30(20-46-35)26-16-15-23(36)18-27(26)37)47-25-13-8-12-24(19-25)39-33(44)29(17-22-11-6-7-14-28(22)38)40-32(43)21-9-4-3-5-10-21/h3-20,31H,2H2,1H3,(H,39,44)(H,40,43)(H,41,42,45)/b29-17-. The molecule has 0 aliphatic heterocycles. The molecule has 3 amide bonds. The van der Waals surface area contributed by atoms with Crippen LogP contribution in [-0.2, 0) is 9.59 Å². The third-order valence-electron chi connectivity index (χ3n) is 6.71. The quantitative estimate of drug-likeness (QED) is 0.0941. The van der Waals surface area contributed by atoms with Crippen LogP contribution in [0.3, 0.4) is 0 Å². The topological polar surface area (TPSA) is 100 Å². The van der Waals surface area contributed by atoms with E-state index in [4.69, 9.17) is 23.2 Å². The number of hydrogen-bond acceptors (Lipinski definition) is 6. The van der Waals surface area contributed by atoms with E-state index in [2.05, 4.69) is 20.9 Å². The number of halogens is 3. The van der Waals surface area contributed by atoms with Gasteiger partial charge in [-0.3, -0.25) is 14.4 Å². The predicted octanol–water partition coefficient (Wildman–Crippen LogP) is 9.17. The number of hydrogen-bond donors (Lipinski definition) is 3. The second-order valence-corrected chi connectivity index (χ2v) is 13.0. The molecule has 238 valence electrons. The molecule has 3 N–H and O–H groups in total. The van der Waals surface area contributed by atoms with Crippen LogP contribution in [0, 0.1) is 5.82 Å². The zero-order chi connectivity index (χ0) is 33.3. The molecular weight excluding hydrogens is 678 g/mol. The lowest BCUT2D eigenvalue weighted by molar-refractivity contribution is -0.116. The Morgan fingerprint density at radius 1 is 0.936 bits per heavy atom.